The predicted molar refractivity (Wildman–Crippen MR) is 73.3 cm³/mol. The third-order valence-electron chi connectivity index (χ3n) is 3.28. The summed E-state index contributed by atoms with van der Waals surface area (Å²) < 4.78 is 11.3. The van der Waals surface area contributed by atoms with Crippen molar-refractivity contribution in [3.63, 3.8) is 0 Å². The van der Waals surface area contributed by atoms with Gasteiger partial charge in [0.2, 0.25) is 0 Å². The SMILES string of the molecule is CCCC(N)CCc1ccc2c(c1)OCCCO2. The minimum atomic E-state index is 0.311. The van der Waals surface area contributed by atoms with E-state index in [4.69, 9.17) is 15.2 Å². The third-order valence-corrected chi connectivity index (χ3v) is 3.28. The Balaban J connectivity index is 1.95. The fraction of sp³-hybridized carbons (Fsp3) is 0.600. The molecule has 1 heterocycles. The average molecular weight is 249 g/mol. The number of rotatable bonds is 5. The highest BCUT2D eigenvalue weighted by molar-refractivity contribution is 5.43. The Morgan fingerprint density at radius 3 is 2.72 bits per heavy atom. The van der Waals surface area contributed by atoms with Crippen molar-refractivity contribution in [1.82, 2.24) is 0 Å². The van der Waals surface area contributed by atoms with Crippen molar-refractivity contribution in [2.75, 3.05) is 13.2 Å². The Kier molecular flexibility index (Phi) is 4.88. The molecular formula is C15H23NO2. The summed E-state index contributed by atoms with van der Waals surface area (Å²) in [4.78, 5) is 0. The third kappa shape index (κ3) is 3.64. The number of hydrogen-bond acceptors (Lipinski definition) is 3. The lowest BCUT2D eigenvalue weighted by atomic mass is 10.0. The van der Waals surface area contributed by atoms with Gasteiger partial charge >= 0.3 is 0 Å². The number of aryl methyl sites for hydroxylation is 1. The van der Waals surface area contributed by atoms with Gasteiger partial charge in [-0.1, -0.05) is 19.4 Å². The van der Waals surface area contributed by atoms with E-state index < -0.39 is 0 Å². The van der Waals surface area contributed by atoms with E-state index in [-0.39, 0.29) is 0 Å². The molecule has 1 unspecified atom stereocenters. The first-order valence-corrected chi connectivity index (χ1v) is 6.93. The largest absolute Gasteiger partial charge is 0.490 e. The van der Waals surface area contributed by atoms with E-state index in [0.29, 0.717) is 6.04 Å². The lowest BCUT2D eigenvalue weighted by Gasteiger charge is -2.12. The zero-order chi connectivity index (χ0) is 12.8. The summed E-state index contributed by atoms with van der Waals surface area (Å²) in [5.74, 6) is 1.75. The van der Waals surface area contributed by atoms with E-state index in [0.717, 1.165) is 56.8 Å². The zero-order valence-corrected chi connectivity index (χ0v) is 11.2. The van der Waals surface area contributed by atoms with Crippen molar-refractivity contribution in [2.45, 2.75) is 45.1 Å². The number of nitrogens with two attached hydrogens (primary N) is 1. The smallest absolute Gasteiger partial charge is 0.161 e. The summed E-state index contributed by atoms with van der Waals surface area (Å²) in [7, 11) is 0. The predicted octanol–water partition coefficient (Wildman–Crippen LogP) is 2.91. The van der Waals surface area contributed by atoms with Crippen molar-refractivity contribution in [1.29, 1.82) is 0 Å². The van der Waals surface area contributed by atoms with Crippen LogP contribution < -0.4 is 15.2 Å². The van der Waals surface area contributed by atoms with E-state index in [1.165, 1.54) is 5.56 Å². The van der Waals surface area contributed by atoms with Crippen LogP contribution >= 0.6 is 0 Å². The van der Waals surface area contributed by atoms with Crippen LogP contribution in [0.15, 0.2) is 18.2 Å². The van der Waals surface area contributed by atoms with E-state index in [2.05, 4.69) is 19.1 Å². The normalized spacial score (nSPS) is 16.1. The Morgan fingerprint density at radius 1 is 1.17 bits per heavy atom. The number of benzene rings is 1. The molecule has 0 aromatic heterocycles. The van der Waals surface area contributed by atoms with E-state index >= 15 is 0 Å². The molecule has 0 aliphatic carbocycles. The van der Waals surface area contributed by atoms with Crippen molar-refractivity contribution in [3.05, 3.63) is 23.8 Å². The lowest BCUT2D eigenvalue weighted by molar-refractivity contribution is 0.297. The molecule has 0 bridgehead atoms. The molecule has 3 nitrogen and oxygen atoms in total. The van der Waals surface area contributed by atoms with Crippen LogP contribution in [0.5, 0.6) is 11.5 Å². The van der Waals surface area contributed by atoms with Crippen LogP contribution in [0.25, 0.3) is 0 Å². The second kappa shape index (κ2) is 6.64. The van der Waals surface area contributed by atoms with Gasteiger partial charge in [-0.15, -0.1) is 0 Å². The molecule has 2 rings (SSSR count). The van der Waals surface area contributed by atoms with E-state index in [1.807, 2.05) is 6.07 Å². The first kappa shape index (κ1) is 13.2. The van der Waals surface area contributed by atoms with Crippen molar-refractivity contribution >= 4 is 0 Å². The molecule has 0 amide bonds. The van der Waals surface area contributed by atoms with Gasteiger partial charge in [0.1, 0.15) is 0 Å². The maximum Gasteiger partial charge on any atom is 0.161 e. The van der Waals surface area contributed by atoms with Gasteiger partial charge in [-0.3, -0.25) is 0 Å². The van der Waals surface area contributed by atoms with Crippen LogP contribution in [0.2, 0.25) is 0 Å². The van der Waals surface area contributed by atoms with Crippen molar-refractivity contribution < 1.29 is 9.47 Å². The Morgan fingerprint density at radius 2 is 1.94 bits per heavy atom. The fourth-order valence-corrected chi connectivity index (χ4v) is 2.23. The number of fused-ring (bicyclic) bond motifs is 1. The Labute approximate surface area is 109 Å². The lowest BCUT2D eigenvalue weighted by Crippen LogP contribution is -2.20. The van der Waals surface area contributed by atoms with Gasteiger partial charge in [0, 0.05) is 12.5 Å². The highest BCUT2D eigenvalue weighted by Crippen LogP contribution is 2.30. The van der Waals surface area contributed by atoms with Crippen LogP contribution in [0, 0.1) is 0 Å². The van der Waals surface area contributed by atoms with Gasteiger partial charge in [0.15, 0.2) is 11.5 Å². The summed E-state index contributed by atoms with van der Waals surface area (Å²) in [6, 6.07) is 6.54. The average Bonchev–Trinajstić information content (AvgIpc) is 2.61. The molecule has 0 saturated heterocycles. The van der Waals surface area contributed by atoms with Gasteiger partial charge in [-0.2, -0.15) is 0 Å². The van der Waals surface area contributed by atoms with Gasteiger partial charge in [0.05, 0.1) is 13.2 Å². The van der Waals surface area contributed by atoms with Crippen molar-refractivity contribution in [2.24, 2.45) is 5.73 Å². The molecule has 0 saturated carbocycles. The Hall–Kier alpha value is -1.22. The van der Waals surface area contributed by atoms with Gasteiger partial charge in [-0.05, 0) is 37.0 Å². The molecule has 1 aliphatic rings. The second-order valence-corrected chi connectivity index (χ2v) is 4.92. The van der Waals surface area contributed by atoms with Gasteiger partial charge < -0.3 is 15.2 Å². The van der Waals surface area contributed by atoms with Crippen molar-refractivity contribution in [3.8, 4) is 11.5 Å². The first-order chi connectivity index (χ1) is 8.79. The monoisotopic (exact) mass is 249 g/mol. The van der Waals surface area contributed by atoms with Crippen LogP contribution in [-0.4, -0.2) is 19.3 Å². The molecule has 0 fully saturated rings. The molecule has 0 radical (unpaired) electrons. The molecule has 1 aromatic carbocycles. The highest BCUT2D eigenvalue weighted by Gasteiger charge is 2.11. The van der Waals surface area contributed by atoms with Crippen LogP contribution in [0.4, 0.5) is 0 Å². The summed E-state index contributed by atoms with van der Waals surface area (Å²) in [6.45, 7) is 3.66. The molecule has 1 aliphatic heterocycles. The fourth-order valence-electron chi connectivity index (χ4n) is 2.23. The van der Waals surface area contributed by atoms with E-state index in [1.54, 1.807) is 0 Å². The minimum absolute atomic E-state index is 0.311. The quantitative estimate of drug-likeness (QED) is 0.872. The number of ether oxygens (including phenoxy) is 2. The zero-order valence-electron chi connectivity index (χ0n) is 11.2. The minimum Gasteiger partial charge on any atom is -0.490 e. The first-order valence-electron chi connectivity index (χ1n) is 6.93. The molecular weight excluding hydrogens is 226 g/mol. The topological polar surface area (TPSA) is 44.5 Å². The van der Waals surface area contributed by atoms with Crippen LogP contribution in [0.1, 0.15) is 38.2 Å². The molecule has 1 aromatic rings. The molecule has 18 heavy (non-hydrogen) atoms. The standard InChI is InChI=1S/C15H23NO2/c1-2-4-13(16)7-5-12-6-8-14-15(11-12)18-10-3-9-17-14/h6,8,11,13H,2-5,7,9-10,16H2,1H3. The van der Waals surface area contributed by atoms with Gasteiger partial charge in [0.25, 0.3) is 0 Å². The van der Waals surface area contributed by atoms with E-state index in [9.17, 15) is 0 Å². The highest BCUT2D eigenvalue weighted by atomic mass is 16.5. The van der Waals surface area contributed by atoms with Gasteiger partial charge in [-0.25, -0.2) is 0 Å². The molecule has 1 atom stereocenters. The summed E-state index contributed by atoms with van der Waals surface area (Å²) in [6.07, 6.45) is 5.25. The Bertz CT molecular complexity index is 379. The summed E-state index contributed by atoms with van der Waals surface area (Å²) in [5, 5.41) is 0. The number of hydrogen-bond donors (Lipinski definition) is 1. The molecule has 2 N–H and O–H groups in total. The van der Waals surface area contributed by atoms with Crippen LogP contribution in [-0.2, 0) is 6.42 Å². The maximum absolute atomic E-state index is 6.04. The molecule has 100 valence electrons. The second-order valence-electron chi connectivity index (χ2n) is 4.92. The van der Waals surface area contributed by atoms with Crippen LogP contribution in [0.3, 0.4) is 0 Å². The summed E-state index contributed by atoms with van der Waals surface area (Å²) in [5.41, 5.74) is 7.32. The molecule has 0 spiro atoms. The maximum atomic E-state index is 6.04. The summed E-state index contributed by atoms with van der Waals surface area (Å²) >= 11 is 0. The molecule has 3 heteroatoms.